The Morgan fingerprint density at radius 1 is 1.53 bits per heavy atom. The van der Waals surface area contributed by atoms with Gasteiger partial charge in [-0.25, -0.2) is 9.78 Å². The summed E-state index contributed by atoms with van der Waals surface area (Å²) in [6.07, 6.45) is 3.01. The van der Waals surface area contributed by atoms with Gasteiger partial charge in [0, 0.05) is 26.8 Å². The van der Waals surface area contributed by atoms with Crippen molar-refractivity contribution < 1.29 is 9.90 Å². The van der Waals surface area contributed by atoms with Crippen LogP contribution >= 0.6 is 0 Å². The second-order valence-corrected chi connectivity index (χ2v) is 4.64. The van der Waals surface area contributed by atoms with Crippen LogP contribution in [0.2, 0.25) is 0 Å². The largest absolute Gasteiger partial charge is 0.478 e. The summed E-state index contributed by atoms with van der Waals surface area (Å²) in [5.41, 5.74) is 2.40. The number of carboxylic acids is 1. The van der Waals surface area contributed by atoms with Crippen molar-refractivity contribution in [3.05, 3.63) is 30.1 Å². The molecule has 0 bridgehead atoms. The van der Waals surface area contributed by atoms with Crippen LogP contribution in [-0.4, -0.2) is 39.4 Å². The summed E-state index contributed by atoms with van der Waals surface area (Å²) in [6, 6.07) is 0. The number of nitrogens with zero attached hydrogens (tertiary/aromatic N) is 4. The number of carbonyl (C=O) groups is 1. The van der Waals surface area contributed by atoms with Crippen molar-refractivity contribution in [2.24, 2.45) is 7.05 Å². The van der Waals surface area contributed by atoms with Crippen LogP contribution in [0.15, 0.2) is 24.5 Å². The molecule has 0 unspecified atom stereocenters. The van der Waals surface area contributed by atoms with E-state index in [1.54, 1.807) is 17.9 Å². The maximum atomic E-state index is 11.3. The molecule has 2 aromatic rings. The van der Waals surface area contributed by atoms with E-state index in [9.17, 15) is 9.90 Å². The van der Waals surface area contributed by atoms with Gasteiger partial charge in [0.2, 0.25) is 0 Å². The predicted octanol–water partition coefficient (Wildman–Crippen LogP) is 1.68. The minimum atomic E-state index is -0.998. The summed E-state index contributed by atoms with van der Waals surface area (Å²) in [6.45, 7) is 6.33. The quantitative estimate of drug-likeness (QED) is 0.847. The molecular weight excluding hydrogens is 244 g/mol. The Balaban J connectivity index is 2.68. The summed E-state index contributed by atoms with van der Waals surface area (Å²) in [5.74, 6) is -0.998. The number of rotatable bonds is 4. The molecular formula is C13H16N4O2. The zero-order valence-electron chi connectivity index (χ0n) is 11.2. The third-order valence-corrected chi connectivity index (χ3v) is 2.85. The summed E-state index contributed by atoms with van der Waals surface area (Å²) < 4.78 is 1.62. The molecule has 0 radical (unpaired) electrons. The molecule has 6 heteroatoms. The first kappa shape index (κ1) is 13.1. The second-order valence-electron chi connectivity index (χ2n) is 4.64. The number of likely N-dealkylation sites (N-methyl/N-ethyl adjacent to an activating group) is 1. The zero-order chi connectivity index (χ0) is 14.2. The molecule has 2 aromatic heterocycles. The van der Waals surface area contributed by atoms with Crippen molar-refractivity contribution in [2.45, 2.75) is 6.92 Å². The normalized spacial score (nSPS) is 10.7. The molecule has 0 saturated carbocycles. The van der Waals surface area contributed by atoms with Crippen molar-refractivity contribution in [3.8, 4) is 0 Å². The van der Waals surface area contributed by atoms with Gasteiger partial charge in [-0.15, -0.1) is 0 Å². The van der Waals surface area contributed by atoms with Gasteiger partial charge < -0.3 is 10.0 Å². The van der Waals surface area contributed by atoms with E-state index < -0.39 is 5.97 Å². The van der Waals surface area contributed by atoms with E-state index in [1.807, 2.05) is 18.9 Å². The van der Waals surface area contributed by atoms with Crippen LogP contribution in [0.5, 0.6) is 0 Å². The smallest absolute Gasteiger partial charge is 0.339 e. The highest BCUT2D eigenvalue weighted by atomic mass is 16.4. The third-order valence-electron chi connectivity index (χ3n) is 2.85. The molecule has 0 amide bonds. The summed E-state index contributed by atoms with van der Waals surface area (Å²) in [4.78, 5) is 17.4. The van der Waals surface area contributed by atoms with Crippen molar-refractivity contribution in [3.63, 3.8) is 0 Å². The minimum absolute atomic E-state index is 0.171. The van der Waals surface area contributed by atoms with Crippen molar-refractivity contribution in [1.82, 2.24) is 14.8 Å². The van der Waals surface area contributed by atoms with Gasteiger partial charge in [-0.05, 0) is 6.92 Å². The van der Waals surface area contributed by atoms with E-state index in [2.05, 4.69) is 16.7 Å². The van der Waals surface area contributed by atoms with Gasteiger partial charge >= 0.3 is 5.97 Å². The number of carboxylic acid groups (broad SMARTS) is 1. The highest BCUT2D eigenvalue weighted by Gasteiger charge is 2.19. The molecule has 0 aliphatic rings. The maximum absolute atomic E-state index is 11.3. The molecule has 2 heterocycles. The van der Waals surface area contributed by atoms with Gasteiger partial charge in [-0.3, -0.25) is 4.68 Å². The molecule has 2 rings (SSSR count). The lowest BCUT2D eigenvalue weighted by Crippen LogP contribution is -2.22. The van der Waals surface area contributed by atoms with Crippen LogP contribution in [-0.2, 0) is 7.05 Å². The zero-order valence-corrected chi connectivity index (χ0v) is 11.2. The van der Waals surface area contributed by atoms with Crippen LogP contribution in [0, 0.1) is 0 Å². The molecule has 0 fully saturated rings. The van der Waals surface area contributed by atoms with E-state index in [0.29, 0.717) is 17.9 Å². The van der Waals surface area contributed by atoms with Gasteiger partial charge in [0.1, 0.15) is 5.56 Å². The number of fused-ring (bicyclic) bond motifs is 1. The van der Waals surface area contributed by atoms with Gasteiger partial charge in [0.25, 0.3) is 0 Å². The molecule has 0 aromatic carbocycles. The van der Waals surface area contributed by atoms with E-state index >= 15 is 0 Å². The number of pyridine rings is 1. The van der Waals surface area contributed by atoms with Crippen LogP contribution in [0.4, 0.5) is 5.69 Å². The SMILES string of the molecule is C=C(C)CN(C)c1c(C(=O)O)cnc2c1cnn2C. The van der Waals surface area contributed by atoms with Crippen LogP contribution in [0.25, 0.3) is 11.0 Å². The highest BCUT2D eigenvalue weighted by Crippen LogP contribution is 2.28. The lowest BCUT2D eigenvalue weighted by atomic mass is 10.1. The van der Waals surface area contributed by atoms with Crippen LogP contribution < -0.4 is 4.90 Å². The van der Waals surface area contributed by atoms with E-state index in [4.69, 9.17) is 0 Å². The standard InChI is InChI=1S/C13H16N4O2/c1-8(2)7-16(3)11-9-6-15-17(4)12(9)14-5-10(11)13(18)19/h5-6H,1,7H2,2-4H3,(H,18,19). The average molecular weight is 260 g/mol. The van der Waals surface area contributed by atoms with E-state index in [-0.39, 0.29) is 5.56 Å². The number of hydrogen-bond acceptors (Lipinski definition) is 4. The number of aromatic carboxylic acids is 1. The van der Waals surface area contributed by atoms with Crippen molar-refractivity contribution in [2.75, 3.05) is 18.5 Å². The maximum Gasteiger partial charge on any atom is 0.339 e. The number of aromatic nitrogens is 3. The summed E-state index contributed by atoms with van der Waals surface area (Å²) >= 11 is 0. The van der Waals surface area contributed by atoms with Crippen molar-refractivity contribution >= 4 is 22.7 Å². The first-order chi connectivity index (χ1) is 8.91. The number of hydrogen-bond donors (Lipinski definition) is 1. The average Bonchev–Trinajstić information content (AvgIpc) is 2.69. The molecule has 6 nitrogen and oxygen atoms in total. The Kier molecular flexibility index (Phi) is 3.25. The molecule has 0 spiro atoms. The molecule has 0 saturated heterocycles. The molecule has 100 valence electrons. The van der Waals surface area contributed by atoms with Gasteiger partial charge in [-0.1, -0.05) is 12.2 Å². The Morgan fingerprint density at radius 2 is 2.21 bits per heavy atom. The van der Waals surface area contributed by atoms with Crippen molar-refractivity contribution in [1.29, 1.82) is 0 Å². The first-order valence-corrected chi connectivity index (χ1v) is 5.81. The monoisotopic (exact) mass is 260 g/mol. The Labute approximate surface area is 111 Å². The number of anilines is 1. The Morgan fingerprint density at radius 3 is 2.79 bits per heavy atom. The molecule has 0 aliphatic carbocycles. The summed E-state index contributed by atoms with van der Waals surface area (Å²) in [7, 11) is 3.61. The minimum Gasteiger partial charge on any atom is -0.478 e. The molecule has 0 aliphatic heterocycles. The fourth-order valence-corrected chi connectivity index (χ4v) is 2.13. The lowest BCUT2D eigenvalue weighted by Gasteiger charge is -2.21. The summed E-state index contributed by atoms with van der Waals surface area (Å²) in [5, 5.41) is 14.2. The first-order valence-electron chi connectivity index (χ1n) is 5.81. The third kappa shape index (κ3) is 2.29. The number of aryl methyl sites for hydroxylation is 1. The molecule has 1 N–H and O–H groups in total. The molecule has 19 heavy (non-hydrogen) atoms. The van der Waals surface area contributed by atoms with Gasteiger partial charge in [0.15, 0.2) is 5.65 Å². The van der Waals surface area contributed by atoms with E-state index in [0.717, 1.165) is 11.0 Å². The Hall–Kier alpha value is -2.37. The Bertz CT molecular complexity index is 660. The molecule has 0 atom stereocenters. The topological polar surface area (TPSA) is 71.2 Å². The van der Waals surface area contributed by atoms with Gasteiger partial charge in [-0.2, -0.15) is 5.10 Å². The fourth-order valence-electron chi connectivity index (χ4n) is 2.13. The van der Waals surface area contributed by atoms with Crippen LogP contribution in [0.3, 0.4) is 0 Å². The lowest BCUT2D eigenvalue weighted by molar-refractivity contribution is 0.0697. The second kappa shape index (κ2) is 4.72. The predicted molar refractivity (Wildman–Crippen MR) is 73.6 cm³/mol. The fraction of sp³-hybridized carbons (Fsp3) is 0.308. The van der Waals surface area contributed by atoms with E-state index in [1.165, 1.54) is 6.20 Å². The van der Waals surface area contributed by atoms with Crippen LogP contribution in [0.1, 0.15) is 17.3 Å². The highest BCUT2D eigenvalue weighted by molar-refractivity contribution is 6.03. The van der Waals surface area contributed by atoms with Gasteiger partial charge in [0.05, 0.1) is 17.3 Å².